The Morgan fingerprint density at radius 2 is 1.93 bits per heavy atom. The van der Waals surface area contributed by atoms with Crippen LogP contribution in [0.5, 0.6) is 5.75 Å². The number of rotatable bonds is 6. The molecule has 1 unspecified atom stereocenters. The van der Waals surface area contributed by atoms with Crippen LogP contribution in [0.3, 0.4) is 0 Å². The lowest BCUT2D eigenvalue weighted by Crippen LogP contribution is -2.57. The van der Waals surface area contributed by atoms with Crippen molar-refractivity contribution in [2.75, 3.05) is 38.2 Å². The third-order valence-electron chi connectivity index (χ3n) is 5.28. The molecule has 0 aliphatic carbocycles. The minimum atomic E-state index is -0.0821. The van der Waals surface area contributed by atoms with Crippen molar-refractivity contribution in [3.63, 3.8) is 0 Å². The average molecular weight is 373 g/mol. The zero-order valence-corrected chi connectivity index (χ0v) is 16.0. The van der Waals surface area contributed by atoms with Crippen LogP contribution in [0.25, 0.3) is 0 Å². The SMILES string of the molecule is COc1ccc(N2CC(C)N(C(=O)CCCN3CCCC3=O)CC2=O)cc1. The van der Waals surface area contributed by atoms with Gasteiger partial charge >= 0.3 is 0 Å². The lowest BCUT2D eigenvalue weighted by molar-refractivity contribution is -0.139. The fourth-order valence-corrected chi connectivity index (χ4v) is 3.70. The standard InChI is InChI=1S/C20H27N3O4/c1-15-13-23(16-7-9-17(27-2)10-8-16)20(26)14-22(15)19(25)6-4-12-21-11-3-5-18(21)24/h7-10,15H,3-6,11-14H2,1-2H3. The summed E-state index contributed by atoms with van der Waals surface area (Å²) in [7, 11) is 1.60. The summed E-state index contributed by atoms with van der Waals surface area (Å²) in [6.45, 7) is 3.95. The quantitative estimate of drug-likeness (QED) is 0.760. The summed E-state index contributed by atoms with van der Waals surface area (Å²) in [5.74, 6) is 0.821. The molecule has 0 N–H and O–H groups in total. The smallest absolute Gasteiger partial charge is 0.246 e. The van der Waals surface area contributed by atoms with Crippen molar-refractivity contribution in [2.45, 2.75) is 38.6 Å². The highest BCUT2D eigenvalue weighted by Gasteiger charge is 2.33. The molecule has 1 aromatic carbocycles. The van der Waals surface area contributed by atoms with E-state index < -0.39 is 0 Å². The molecule has 2 heterocycles. The molecule has 2 aliphatic heterocycles. The molecular weight excluding hydrogens is 346 g/mol. The van der Waals surface area contributed by atoms with Gasteiger partial charge in [-0.15, -0.1) is 0 Å². The van der Waals surface area contributed by atoms with Gasteiger partial charge in [-0.05, 0) is 44.0 Å². The van der Waals surface area contributed by atoms with Gasteiger partial charge in [-0.25, -0.2) is 0 Å². The molecule has 1 aromatic rings. The topological polar surface area (TPSA) is 70.2 Å². The first-order chi connectivity index (χ1) is 13.0. The largest absolute Gasteiger partial charge is 0.497 e. The number of hydrogen-bond acceptors (Lipinski definition) is 4. The van der Waals surface area contributed by atoms with Crippen molar-refractivity contribution in [3.05, 3.63) is 24.3 Å². The maximum Gasteiger partial charge on any atom is 0.246 e. The van der Waals surface area contributed by atoms with Crippen molar-refractivity contribution in [1.29, 1.82) is 0 Å². The summed E-state index contributed by atoms with van der Waals surface area (Å²) >= 11 is 0. The highest BCUT2D eigenvalue weighted by molar-refractivity contribution is 5.98. The molecule has 2 aliphatic rings. The van der Waals surface area contributed by atoms with Gasteiger partial charge in [0.05, 0.1) is 7.11 Å². The predicted molar refractivity (Wildman–Crippen MR) is 102 cm³/mol. The highest BCUT2D eigenvalue weighted by Crippen LogP contribution is 2.23. The number of ether oxygens (including phenoxy) is 1. The molecular formula is C20H27N3O4. The molecule has 7 heteroatoms. The Morgan fingerprint density at radius 1 is 1.19 bits per heavy atom. The Hall–Kier alpha value is -2.57. The first-order valence-electron chi connectivity index (χ1n) is 9.51. The van der Waals surface area contributed by atoms with Crippen molar-refractivity contribution >= 4 is 23.4 Å². The molecule has 0 aromatic heterocycles. The number of piperazine rings is 1. The fraction of sp³-hybridized carbons (Fsp3) is 0.550. The molecule has 2 saturated heterocycles. The van der Waals surface area contributed by atoms with Crippen molar-refractivity contribution in [3.8, 4) is 5.75 Å². The van der Waals surface area contributed by atoms with Gasteiger partial charge in [-0.3, -0.25) is 14.4 Å². The summed E-state index contributed by atoms with van der Waals surface area (Å²) in [6, 6.07) is 7.31. The Kier molecular flexibility index (Phi) is 5.98. The van der Waals surface area contributed by atoms with E-state index in [-0.39, 0.29) is 30.3 Å². The molecule has 3 rings (SSSR count). The Balaban J connectivity index is 1.53. The van der Waals surface area contributed by atoms with E-state index in [9.17, 15) is 14.4 Å². The maximum absolute atomic E-state index is 12.6. The number of benzene rings is 1. The minimum Gasteiger partial charge on any atom is -0.497 e. The van der Waals surface area contributed by atoms with Crippen molar-refractivity contribution in [2.24, 2.45) is 0 Å². The molecule has 0 spiro atoms. The first-order valence-corrected chi connectivity index (χ1v) is 9.51. The number of hydrogen-bond donors (Lipinski definition) is 0. The number of carbonyl (C=O) groups is 3. The normalized spacial score (nSPS) is 20.4. The first kappa shape index (κ1) is 19.2. The number of carbonyl (C=O) groups excluding carboxylic acids is 3. The highest BCUT2D eigenvalue weighted by atomic mass is 16.5. The van der Waals surface area contributed by atoms with E-state index in [1.165, 1.54) is 0 Å². The van der Waals surface area contributed by atoms with Crippen LogP contribution < -0.4 is 9.64 Å². The van der Waals surface area contributed by atoms with E-state index in [0.29, 0.717) is 32.4 Å². The fourth-order valence-electron chi connectivity index (χ4n) is 3.70. The molecule has 3 amide bonds. The third kappa shape index (κ3) is 4.40. The number of nitrogens with zero attached hydrogens (tertiary/aromatic N) is 3. The monoisotopic (exact) mass is 373 g/mol. The van der Waals surface area contributed by atoms with Gasteiger partial charge in [-0.1, -0.05) is 0 Å². The van der Waals surface area contributed by atoms with Gasteiger partial charge in [0.1, 0.15) is 12.3 Å². The third-order valence-corrected chi connectivity index (χ3v) is 5.28. The summed E-state index contributed by atoms with van der Waals surface area (Å²) in [6.07, 6.45) is 2.53. The van der Waals surface area contributed by atoms with E-state index in [0.717, 1.165) is 24.4 Å². The molecule has 2 fully saturated rings. The number of anilines is 1. The van der Waals surface area contributed by atoms with Gasteiger partial charge in [0.15, 0.2) is 0 Å². The number of methoxy groups -OCH3 is 1. The summed E-state index contributed by atoms with van der Waals surface area (Å²) in [4.78, 5) is 42.0. The molecule has 7 nitrogen and oxygen atoms in total. The van der Waals surface area contributed by atoms with Gasteiger partial charge in [0.25, 0.3) is 0 Å². The second-order valence-corrected chi connectivity index (χ2v) is 7.16. The van der Waals surface area contributed by atoms with Crippen LogP contribution in [0.4, 0.5) is 5.69 Å². The van der Waals surface area contributed by atoms with Crippen molar-refractivity contribution in [1.82, 2.24) is 9.80 Å². The van der Waals surface area contributed by atoms with Crippen LogP contribution in [0.1, 0.15) is 32.6 Å². The zero-order valence-electron chi connectivity index (χ0n) is 16.0. The summed E-state index contributed by atoms with van der Waals surface area (Å²) in [5, 5.41) is 0. The van der Waals surface area contributed by atoms with E-state index in [4.69, 9.17) is 4.74 Å². The van der Waals surface area contributed by atoms with E-state index in [2.05, 4.69) is 0 Å². The lowest BCUT2D eigenvalue weighted by Gasteiger charge is -2.39. The van der Waals surface area contributed by atoms with Crippen LogP contribution in [0.15, 0.2) is 24.3 Å². The average Bonchev–Trinajstić information content (AvgIpc) is 3.08. The minimum absolute atomic E-state index is 0.0168. The molecule has 0 radical (unpaired) electrons. The van der Waals surface area contributed by atoms with E-state index >= 15 is 0 Å². The number of likely N-dealkylation sites (tertiary alicyclic amines) is 1. The van der Waals surface area contributed by atoms with Crippen LogP contribution in [-0.2, 0) is 14.4 Å². The maximum atomic E-state index is 12.6. The van der Waals surface area contributed by atoms with Crippen LogP contribution >= 0.6 is 0 Å². The van der Waals surface area contributed by atoms with Crippen molar-refractivity contribution < 1.29 is 19.1 Å². The van der Waals surface area contributed by atoms with E-state index in [1.54, 1.807) is 16.9 Å². The molecule has 0 bridgehead atoms. The van der Waals surface area contributed by atoms with Gasteiger partial charge in [0.2, 0.25) is 17.7 Å². The molecule has 27 heavy (non-hydrogen) atoms. The summed E-state index contributed by atoms with van der Waals surface area (Å²) < 4.78 is 5.15. The van der Waals surface area contributed by atoms with Crippen LogP contribution in [0, 0.1) is 0 Å². The molecule has 146 valence electrons. The van der Waals surface area contributed by atoms with Crippen LogP contribution in [-0.4, -0.2) is 66.9 Å². The van der Waals surface area contributed by atoms with E-state index in [1.807, 2.05) is 36.1 Å². The lowest BCUT2D eigenvalue weighted by atomic mass is 10.1. The number of amides is 3. The second kappa shape index (κ2) is 8.41. The Morgan fingerprint density at radius 3 is 2.56 bits per heavy atom. The second-order valence-electron chi connectivity index (χ2n) is 7.16. The molecule has 1 atom stereocenters. The van der Waals surface area contributed by atoms with Gasteiger partial charge < -0.3 is 19.4 Å². The predicted octanol–water partition coefficient (Wildman–Crippen LogP) is 1.66. The summed E-state index contributed by atoms with van der Waals surface area (Å²) in [5.41, 5.74) is 0.812. The molecule has 0 saturated carbocycles. The van der Waals surface area contributed by atoms with Crippen LogP contribution in [0.2, 0.25) is 0 Å². The zero-order chi connectivity index (χ0) is 19.4. The van der Waals surface area contributed by atoms with Gasteiger partial charge in [0, 0.05) is 44.2 Å². The van der Waals surface area contributed by atoms with Gasteiger partial charge in [-0.2, -0.15) is 0 Å². The Labute approximate surface area is 159 Å². The Bertz CT molecular complexity index is 704.